The first-order valence-corrected chi connectivity index (χ1v) is 10.1. The summed E-state index contributed by atoms with van der Waals surface area (Å²) in [5, 5.41) is 23.5. The summed E-state index contributed by atoms with van der Waals surface area (Å²) in [5.41, 5.74) is 1.38. The molecule has 0 unspecified atom stereocenters. The zero-order valence-corrected chi connectivity index (χ0v) is 18.0. The molecule has 30 heavy (non-hydrogen) atoms. The average molecular weight is 421 g/mol. The van der Waals surface area contributed by atoms with Gasteiger partial charge in [0.05, 0.1) is 12.8 Å². The van der Waals surface area contributed by atoms with Gasteiger partial charge in [-0.3, -0.25) is 9.59 Å². The minimum Gasteiger partial charge on any atom is -0.480 e. The van der Waals surface area contributed by atoms with Crippen molar-refractivity contribution in [1.29, 1.82) is 0 Å². The van der Waals surface area contributed by atoms with E-state index in [1.165, 1.54) is 0 Å². The van der Waals surface area contributed by atoms with Gasteiger partial charge in [-0.15, -0.1) is 0 Å². The van der Waals surface area contributed by atoms with Crippen molar-refractivity contribution in [1.82, 2.24) is 10.6 Å². The third-order valence-corrected chi connectivity index (χ3v) is 4.43. The van der Waals surface area contributed by atoms with Crippen molar-refractivity contribution in [2.24, 2.45) is 11.8 Å². The van der Waals surface area contributed by atoms with Gasteiger partial charge in [0.25, 0.3) is 0 Å². The molecule has 1 aromatic carbocycles. The molecule has 0 aliphatic rings. The molecule has 0 saturated carbocycles. The van der Waals surface area contributed by atoms with Crippen LogP contribution in [0.25, 0.3) is 0 Å². The molecule has 0 radical (unpaired) electrons. The van der Waals surface area contributed by atoms with Crippen LogP contribution in [0.5, 0.6) is 0 Å². The fraction of sp³-hybridized carbons (Fsp3) is 0.545. The van der Waals surface area contributed by atoms with E-state index < -0.39 is 24.0 Å². The minimum absolute atomic E-state index is 0.0316. The molecule has 0 aliphatic carbocycles. The van der Waals surface area contributed by atoms with Gasteiger partial charge < -0.3 is 20.8 Å². The van der Waals surface area contributed by atoms with Gasteiger partial charge >= 0.3 is 11.9 Å². The van der Waals surface area contributed by atoms with Crippen LogP contribution < -0.4 is 10.6 Å². The van der Waals surface area contributed by atoms with E-state index in [1.807, 2.05) is 27.7 Å². The number of carboxylic acid groups (broad SMARTS) is 2. The zero-order chi connectivity index (χ0) is 22.8. The molecule has 0 aliphatic heterocycles. The topological polar surface area (TPSA) is 133 Å². The summed E-state index contributed by atoms with van der Waals surface area (Å²) in [6, 6.07) is 4.95. The Morgan fingerprint density at radius 2 is 1.00 bits per heavy atom. The van der Waals surface area contributed by atoms with Crippen LogP contribution in [-0.2, 0) is 32.0 Å². The van der Waals surface area contributed by atoms with Gasteiger partial charge in [0.1, 0.15) is 12.1 Å². The van der Waals surface area contributed by atoms with Crippen molar-refractivity contribution >= 4 is 23.8 Å². The predicted octanol–water partition coefficient (Wildman–Crippen LogP) is 2.00. The van der Waals surface area contributed by atoms with Gasteiger partial charge in [-0.05, 0) is 35.8 Å². The molecule has 0 aromatic heterocycles. The van der Waals surface area contributed by atoms with E-state index in [1.54, 1.807) is 24.3 Å². The number of benzene rings is 1. The Hall–Kier alpha value is -2.90. The van der Waals surface area contributed by atoms with Crippen molar-refractivity contribution in [2.45, 2.75) is 65.5 Å². The molecule has 0 heterocycles. The first-order valence-electron chi connectivity index (χ1n) is 10.1. The second-order valence-electron chi connectivity index (χ2n) is 8.35. The summed E-state index contributed by atoms with van der Waals surface area (Å²) >= 11 is 0. The Balaban J connectivity index is 2.62. The number of carbonyl (C=O) groups is 4. The van der Waals surface area contributed by atoms with Crippen LogP contribution in [0.2, 0.25) is 0 Å². The molecule has 0 saturated heterocycles. The number of aliphatic carboxylic acids is 2. The largest absolute Gasteiger partial charge is 0.480 e. The van der Waals surface area contributed by atoms with Crippen LogP contribution in [0.1, 0.15) is 51.7 Å². The molecular weight excluding hydrogens is 388 g/mol. The summed E-state index contributed by atoms with van der Waals surface area (Å²) in [5.74, 6) is -2.61. The number of rotatable bonds is 12. The van der Waals surface area contributed by atoms with Crippen molar-refractivity contribution in [3.8, 4) is 0 Å². The number of amides is 2. The van der Waals surface area contributed by atoms with E-state index in [4.69, 9.17) is 0 Å². The van der Waals surface area contributed by atoms with Gasteiger partial charge in [0.2, 0.25) is 11.8 Å². The highest BCUT2D eigenvalue weighted by Gasteiger charge is 2.22. The highest BCUT2D eigenvalue weighted by atomic mass is 16.4. The lowest BCUT2D eigenvalue weighted by Gasteiger charge is -2.17. The maximum atomic E-state index is 12.2. The maximum Gasteiger partial charge on any atom is 0.326 e. The molecule has 1 rings (SSSR count). The Morgan fingerprint density at radius 3 is 1.23 bits per heavy atom. The Labute approximate surface area is 177 Å². The first-order chi connectivity index (χ1) is 14.0. The van der Waals surface area contributed by atoms with Gasteiger partial charge in [-0.25, -0.2) is 9.59 Å². The summed E-state index contributed by atoms with van der Waals surface area (Å²) in [4.78, 5) is 46.8. The Morgan fingerprint density at radius 1 is 0.700 bits per heavy atom. The highest BCUT2D eigenvalue weighted by molar-refractivity contribution is 5.85. The molecule has 4 N–H and O–H groups in total. The Kier molecular flexibility index (Phi) is 10.0. The number of carboxylic acids is 2. The molecule has 8 heteroatoms. The number of hydrogen-bond donors (Lipinski definition) is 4. The van der Waals surface area contributed by atoms with Crippen molar-refractivity contribution in [2.75, 3.05) is 0 Å². The van der Waals surface area contributed by atoms with Crippen molar-refractivity contribution in [3.63, 3.8) is 0 Å². The van der Waals surface area contributed by atoms with Gasteiger partial charge in [-0.1, -0.05) is 52.0 Å². The fourth-order valence-corrected chi connectivity index (χ4v) is 3.02. The predicted molar refractivity (Wildman–Crippen MR) is 112 cm³/mol. The van der Waals surface area contributed by atoms with E-state index >= 15 is 0 Å². The van der Waals surface area contributed by atoms with E-state index in [0.717, 1.165) is 0 Å². The van der Waals surface area contributed by atoms with E-state index in [9.17, 15) is 29.4 Å². The van der Waals surface area contributed by atoms with Gasteiger partial charge in [0.15, 0.2) is 0 Å². The summed E-state index contributed by atoms with van der Waals surface area (Å²) in [7, 11) is 0. The maximum absolute atomic E-state index is 12.2. The van der Waals surface area contributed by atoms with Crippen LogP contribution in [0, 0.1) is 11.8 Å². The summed E-state index contributed by atoms with van der Waals surface area (Å²) < 4.78 is 0. The van der Waals surface area contributed by atoms with Gasteiger partial charge in [-0.2, -0.15) is 0 Å². The molecule has 8 nitrogen and oxygen atoms in total. The van der Waals surface area contributed by atoms with Gasteiger partial charge in [0, 0.05) is 0 Å². The quantitative estimate of drug-likeness (QED) is 0.409. The Bertz CT molecular complexity index is 679. The number of carbonyl (C=O) groups excluding carboxylic acids is 2. The van der Waals surface area contributed by atoms with Crippen molar-refractivity contribution in [3.05, 3.63) is 35.4 Å². The average Bonchev–Trinajstić information content (AvgIpc) is 2.61. The van der Waals surface area contributed by atoms with Crippen LogP contribution in [0.3, 0.4) is 0 Å². The molecule has 166 valence electrons. The summed E-state index contributed by atoms with van der Waals surface area (Å²) in [6.07, 6.45) is 0.764. The normalized spacial score (nSPS) is 13.0. The molecule has 0 bridgehead atoms. The van der Waals surface area contributed by atoms with Crippen LogP contribution in [0.15, 0.2) is 24.3 Å². The molecular formula is C22H32N2O6. The van der Waals surface area contributed by atoms with E-state index in [2.05, 4.69) is 10.6 Å². The zero-order valence-electron chi connectivity index (χ0n) is 18.0. The second kappa shape index (κ2) is 11.9. The van der Waals surface area contributed by atoms with Crippen LogP contribution >= 0.6 is 0 Å². The molecule has 0 fully saturated rings. The lowest BCUT2D eigenvalue weighted by Crippen LogP contribution is -2.42. The van der Waals surface area contributed by atoms with Crippen LogP contribution in [0.4, 0.5) is 0 Å². The minimum atomic E-state index is -1.06. The third-order valence-electron chi connectivity index (χ3n) is 4.43. The first kappa shape index (κ1) is 25.1. The number of hydrogen-bond acceptors (Lipinski definition) is 4. The lowest BCUT2D eigenvalue weighted by molar-refractivity contribution is -0.142. The van der Waals surface area contributed by atoms with E-state index in [-0.39, 0.29) is 36.5 Å². The lowest BCUT2D eigenvalue weighted by atomic mass is 10.0. The highest BCUT2D eigenvalue weighted by Crippen LogP contribution is 2.10. The third kappa shape index (κ3) is 9.54. The molecule has 0 spiro atoms. The molecule has 2 amide bonds. The summed E-state index contributed by atoms with van der Waals surface area (Å²) in [6.45, 7) is 7.55. The smallest absolute Gasteiger partial charge is 0.326 e. The standard InChI is InChI=1S/C22H32N2O6/c1-13(2)9-17(21(27)28)23-19(25)11-15-5-7-16(8-6-15)12-20(26)24-18(22(29)30)10-14(3)4/h5-8,13-14,17-18H,9-12H2,1-4H3,(H,23,25)(H,24,26)(H,27,28)(H,29,30)/t17-,18-/m0/s1. The second-order valence-corrected chi connectivity index (χ2v) is 8.35. The molecule has 2 atom stereocenters. The SMILES string of the molecule is CC(C)C[C@H](NC(=O)Cc1ccc(CC(=O)N[C@@H](CC(C)C)C(=O)O)cc1)C(=O)O. The fourth-order valence-electron chi connectivity index (χ4n) is 3.02. The van der Waals surface area contributed by atoms with E-state index in [0.29, 0.717) is 24.0 Å². The monoisotopic (exact) mass is 420 g/mol. The van der Waals surface area contributed by atoms with Crippen molar-refractivity contribution < 1.29 is 29.4 Å². The molecule has 1 aromatic rings. The number of nitrogens with one attached hydrogen (secondary N) is 2. The van der Waals surface area contributed by atoms with Crippen LogP contribution in [-0.4, -0.2) is 46.0 Å².